The van der Waals surface area contributed by atoms with Crippen molar-refractivity contribution in [3.05, 3.63) is 41.3 Å². The zero-order chi connectivity index (χ0) is 17.8. The molecule has 6 nitrogen and oxygen atoms in total. The van der Waals surface area contributed by atoms with E-state index in [0.717, 1.165) is 36.6 Å². The number of carboxylic acid groups (broad SMARTS) is 1. The first-order chi connectivity index (χ1) is 11.8. The Labute approximate surface area is 140 Å². The Hall–Kier alpha value is -2.58. The molecule has 4 rings (SSSR count). The Bertz CT molecular complexity index is 823. The zero-order valence-corrected chi connectivity index (χ0v) is 13.0. The van der Waals surface area contributed by atoms with Gasteiger partial charge in [-0.1, -0.05) is 6.07 Å². The summed E-state index contributed by atoms with van der Waals surface area (Å²) < 4.78 is 41.4. The molecule has 1 saturated heterocycles. The number of pyridine rings is 1. The highest BCUT2D eigenvalue weighted by atomic mass is 19.4. The van der Waals surface area contributed by atoms with Gasteiger partial charge in [-0.3, -0.25) is 4.68 Å². The van der Waals surface area contributed by atoms with Crippen LogP contribution in [0.4, 0.5) is 19.0 Å². The van der Waals surface area contributed by atoms with E-state index in [2.05, 4.69) is 10.1 Å². The molecule has 2 fully saturated rings. The maximum Gasteiger partial charge on any atom is 0.433 e. The first kappa shape index (κ1) is 15.9. The first-order valence-electron chi connectivity index (χ1n) is 7.87. The fourth-order valence-electron chi connectivity index (χ4n) is 3.34. The zero-order valence-electron chi connectivity index (χ0n) is 13.0. The van der Waals surface area contributed by atoms with Crippen LogP contribution in [0.15, 0.2) is 24.5 Å². The van der Waals surface area contributed by atoms with Crippen molar-refractivity contribution in [2.75, 3.05) is 18.0 Å². The number of alkyl halides is 3. The fraction of sp³-hybridized carbons (Fsp3) is 0.438. The third-order valence-electron chi connectivity index (χ3n) is 4.74. The molecule has 2 atom stereocenters. The summed E-state index contributed by atoms with van der Waals surface area (Å²) in [5.74, 6) is 0.0772. The summed E-state index contributed by atoms with van der Waals surface area (Å²) in [5.41, 5.74) is -1.21. The van der Waals surface area contributed by atoms with E-state index in [9.17, 15) is 23.1 Å². The standard InChI is InChI=1S/C16H15F3N4O2/c17-16(18,19)14-9(7-23-8-12(4-20-23)15(24)25)1-2-13(21-14)22-5-10-3-11(10)6-22/h1-2,4,8,10-11H,3,5-7H2,(H,24,25)/p-1. The molecule has 1 aliphatic carbocycles. The number of carbonyl (C=O) groups is 1. The van der Waals surface area contributed by atoms with Crippen molar-refractivity contribution >= 4 is 11.8 Å². The van der Waals surface area contributed by atoms with Gasteiger partial charge in [0.25, 0.3) is 0 Å². The molecular formula is C16H14F3N4O2-. The predicted molar refractivity (Wildman–Crippen MR) is 78.7 cm³/mol. The van der Waals surface area contributed by atoms with Crippen molar-refractivity contribution in [1.82, 2.24) is 14.8 Å². The summed E-state index contributed by atoms with van der Waals surface area (Å²) in [6, 6.07) is 2.97. The van der Waals surface area contributed by atoms with Gasteiger partial charge in [0.15, 0.2) is 5.69 Å². The molecule has 2 unspecified atom stereocenters. The van der Waals surface area contributed by atoms with Crippen LogP contribution in [0.2, 0.25) is 0 Å². The quantitative estimate of drug-likeness (QED) is 0.827. The number of hydrogen-bond donors (Lipinski definition) is 0. The maximum absolute atomic E-state index is 13.4. The average Bonchev–Trinajstić information content (AvgIpc) is 2.96. The van der Waals surface area contributed by atoms with Crippen LogP contribution < -0.4 is 10.0 Å². The van der Waals surface area contributed by atoms with Gasteiger partial charge in [0.1, 0.15) is 5.82 Å². The first-order valence-corrected chi connectivity index (χ1v) is 7.87. The van der Waals surface area contributed by atoms with Crippen LogP contribution >= 0.6 is 0 Å². The number of anilines is 1. The van der Waals surface area contributed by atoms with Gasteiger partial charge in [-0.05, 0) is 24.3 Å². The lowest BCUT2D eigenvalue weighted by molar-refractivity contribution is -0.255. The van der Waals surface area contributed by atoms with Crippen LogP contribution in [0, 0.1) is 11.8 Å². The van der Waals surface area contributed by atoms with Gasteiger partial charge in [-0.25, -0.2) is 4.98 Å². The molecule has 9 heteroatoms. The van der Waals surface area contributed by atoms with Gasteiger partial charge in [0, 0.05) is 30.4 Å². The highest BCUT2D eigenvalue weighted by molar-refractivity contribution is 5.84. The summed E-state index contributed by atoms with van der Waals surface area (Å²) >= 11 is 0. The second-order valence-electron chi connectivity index (χ2n) is 6.55. The van der Waals surface area contributed by atoms with Crippen molar-refractivity contribution in [3.8, 4) is 0 Å². The minimum absolute atomic E-state index is 0.0615. The Morgan fingerprint density at radius 3 is 2.60 bits per heavy atom. The van der Waals surface area contributed by atoms with Crippen LogP contribution in [0.1, 0.15) is 28.0 Å². The molecule has 0 N–H and O–H groups in total. The third kappa shape index (κ3) is 3.06. The summed E-state index contributed by atoms with van der Waals surface area (Å²) in [6.45, 7) is 1.28. The fourth-order valence-corrected chi connectivity index (χ4v) is 3.34. The van der Waals surface area contributed by atoms with Crippen LogP contribution in [0.3, 0.4) is 0 Å². The number of fused-ring (bicyclic) bond motifs is 1. The van der Waals surface area contributed by atoms with E-state index in [1.54, 1.807) is 6.07 Å². The monoisotopic (exact) mass is 351 g/mol. The van der Waals surface area contributed by atoms with E-state index < -0.39 is 17.8 Å². The molecule has 2 aromatic rings. The molecule has 0 spiro atoms. The van der Waals surface area contributed by atoms with E-state index in [1.165, 1.54) is 6.07 Å². The lowest BCUT2D eigenvalue weighted by Crippen LogP contribution is -2.25. The van der Waals surface area contributed by atoms with Crippen LogP contribution in [0.5, 0.6) is 0 Å². The number of nitrogens with zero attached hydrogens (tertiary/aromatic N) is 4. The summed E-state index contributed by atoms with van der Waals surface area (Å²) in [4.78, 5) is 16.5. The number of aromatic carboxylic acids is 1. The SMILES string of the molecule is O=C([O-])c1cnn(Cc2ccc(N3CC4CC4C3)nc2C(F)(F)F)c1. The van der Waals surface area contributed by atoms with Crippen molar-refractivity contribution in [2.24, 2.45) is 11.8 Å². The van der Waals surface area contributed by atoms with Gasteiger partial charge >= 0.3 is 6.18 Å². The highest BCUT2D eigenvalue weighted by Gasteiger charge is 2.46. The smallest absolute Gasteiger partial charge is 0.433 e. The molecule has 2 aliphatic rings. The van der Waals surface area contributed by atoms with Crippen molar-refractivity contribution in [3.63, 3.8) is 0 Å². The lowest BCUT2D eigenvalue weighted by Gasteiger charge is -2.21. The van der Waals surface area contributed by atoms with Crippen molar-refractivity contribution in [2.45, 2.75) is 19.1 Å². The lowest BCUT2D eigenvalue weighted by atomic mass is 10.1. The third-order valence-corrected chi connectivity index (χ3v) is 4.74. The Balaban J connectivity index is 1.62. The highest BCUT2D eigenvalue weighted by Crippen LogP contribution is 2.46. The molecule has 0 bridgehead atoms. The summed E-state index contributed by atoms with van der Waals surface area (Å²) in [6.07, 6.45) is -1.27. The molecule has 1 saturated carbocycles. The van der Waals surface area contributed by atoms with Gasteiger partial charge in [0.05, 0.1) is 18.7 Å². The number of carbonyl (C=O) groups excluding carboxylic acids is 1. The number of halogens is 3. The van der Waals surface area contributed by atoms with Crippen molar-refractivity contribution < 1.29 is 23.1 Å². The molecular weight excluding hydrogens is 337 g/mol. The largest absolute Gasteiger partial charge is 0.545 e. The Morgan fingerprint density at radius 2 is 2.00 bits per heavy atom. The van der Waals surface area contributed by atoms with Crippen LogP contribution in [0.25, 0.3) is 0 Å². The average molecular weight is 351 g/mol. The molecule has 132 valence electrons. The normalized spacial score (nSPS) is 22.1. The predicted octanol–water partition coefficient (Wildman–Crippen LogP) is 1.16. The number of piperidine rings is 1. The minimum atomic E-state index is -4.60. The van der Waals surface area contributed by atoms with Crippen molar-refractivity contribution in [1.29, 1.82) is 0 Å². The molecule has 0 radical (unpaired) electrons. The van der Waals surface area contributed by atoms with E-state index in [4.69, 9.17) is 0 Å². The van der Waals surface area contributed by atoms with Crippen LogP contribution in [-0.4, -0.2) is 33.8 Å². The number of carboxylic acids is 1. The summed E-state index contributed by atoms with van der Waals surface area (Å²) in [7, 11) is 0. The Kier molecular flexibility index (Phi) is 3.48. The molecule has 1 aliphatic heterocycles. The van der Waals surface area contributed by atoms with E-state index in [1.807, 2.05) is 4.90 Å². The minimum Gasteiger partial charge on any atom is -0.545 e. The maximum atomic E-state index is 13.4. The number of rotatable bonds is 4. The summed E-state index contributed by atoms with van der Waals surface area (Å²) in [5, 5.41) is 14.5. The van der Waals surface area contributed by atoms with Crippen LogP contribution in [-0.2, 0) is 12.7 Å². The molecule has 25 heavy (non-hydrogen) atoms. The van der Waals surface area contributed by atoms with Gasteiger partial charge in [-0.2, -0.15) is 18.3 Å². The van der Waals surface area contributed by atoms with E-state index in [0.29, 0.717) is 17.7 Å². The second kappa shape index (κ2) is 5.47. The number of aromatic nitrogens is 3. The second-order valence-corrected chi connectivity index (χ2v) is 6.55. The van der Waals surface area contributed by atoms with Gasteiger partial charge < -0.3 is 14.8 Å². The topological polar surface area (TPSA) is 74.1 Å². The Morgan fingerprint density at radius 1 is 1.28 bits per heavy atom. The van der Waals surface area contributed by atoms with Gasteiger partial charge in [-0.15, -0.1) is 0 Å². The van der Waals surface area contributed by atoms with E-state index >= 15 is 0 Å². The number of hydrogen-bond acceptors (Lipinski definition) is 5. The molecule has 0 aromatic carbocycles. The van der Waals surface area contributed by atoms with E-state index in [-0.39, 0.29) is 17.7 Å². The molecule has 2 aromatic heterocycles. The molecule has 3 heterocycles. The van der Waals surface area contributed by atoms with Gasteiger partial charge in [0.2, 0.25) is 0 Å². The molecule has 0 amide bonds.